The van der Waals surface area contributed by atoms with Crippen molar-refractivity contribution in [2.75, 3.05) is 13.6 Å². The highest BCUT2D eigenvalue weighted by Crippen LogP contribution is 2.09. The fourth-order valence-electron chi connectivity index (χ4n) is 0.893. The Morgan fingerprint density at radius 3 is 2.18 bits per heavy atom. The van der Waals surface area contributed by atoms with E-state index < -0.39 is 0 Å². The van der Waals surface area contributed by atoms with Crippen LogP contribution >= 0.6 is 0 Å². The summed E-state index contributed by atoms with van der Waals surface area (Å²) >= 11 is 0. The number of nitrogens with zero attached hydrogens (tertiary/aromatic N) is 1. The highest BCUT2D eigenvalue weighted by atomic mass is 15.1. The second-order valence-electron chi connectivity index (χ2n) is 2.49. The third kappa shape index (κ3) is 2.62. The Balaban J connectivity index is 4.63. The number of allylic oxidation sites excluding steroid dienone is 3. The summed E-state index contributed by atoms with van der Waals surface area (Å²) in [6.07, 6.45) is 3.71. The third-order valence-electron chi connectivity index (χ3n) is 1.79. The number of hydrogen-bond acceptors (Lipinski definition) is 1. The van der Waals surface area contributed by atoms with E-state index in [-0.39, 0.29) is 0 Å². The van der Waals surface area contributed by atoms with Crippen LogP contribution in [0.25, 0.3) is 0 Å². The normalized spacial score (nSPS) is 11.9. The zero-order valence-corrected chi connectivity index (χ0v) is 7.72. The third-order valence-corrected chi connectivity index (χ3v) is 1.79. The molecule has 0 N–H and O–H groups in total. The minimum Gasteiger partial charge on any atom is -0.375 e. The van der Waals surface area contributed by atoms with Crippen molar-refractivity contribution >= 4 is 0 Å². The molecule has 0 radical (unpaired) electrons. The zero-order valence-electron chi connectivity index (χ0n) is 7.72. The molecule has 0 saturated heterocycles. The molecule has 0 aromatic heterocycles. The van der Waals surface area contributed by atoms with Gasteiger partial charge in [-0.25, -0.2) is 0 Å². The van der Waals surface area contributed by atoms with Crippen molar-refractivity contribution < 1.29 is 0 Å². The zero-order chi connectivity index (χ0) is 8.85. The van der Waals surface area contributed by atoms with Gasteiger partial charge in [0.2, 0.25) is 0 Å². The maximum absolute atomic E-state index is 3.75. The summed E-state index contributed by atoms with van der Waals surface area (Å²) in [6, 6.07) is 0. The van der Waals surface area contributed by atoms with E-state index in [0.29, 0.717) is 0 Å². The molecule has 0 aliphatic heterocycles. The van der Waals surface area contributed by atoms with Gasteiger partial charge < -0.3 is 4.90 Å². The van der Waals surface area contributed by atoms with Gasteiger partial charge >= 0.3 is 0 Å². The lowest BCUT2D eigenvalue weighted by Crippen LogP contribution is -2.16. The van der Waals surface area contributed by atoms with Gasteiger partial charge in [-0.15, -0.1) is 0 Å². The Hall–Kier alpha value is -0.980. The molecule has 1 heteroatoms. The molecule has 0 fully saturated rings. The van der Waals surface area contributed by atoms with Crippen LogP contribution in [0, 0.1) is 0 Å². The fourth-order valence-corrected chi connectivity index (χ4v) is 0.893. The lowest BCUT2D eigenvalue weighted by molar-refractivity contribution is 0.453. The highest BCUT2D eigenvalue weighted by molar-refractivity contribution is 5.28. The quantitative estimate of drug-likeness (QED) is 0.558. The Kier molecular flexibility index (Phi) is 4.35. The monoisotopic (exact) mass is 151 g/mol. The molecule has 0 aromatic carbocycles. The molecule has 0 aromatic rings. The summed E-state index contributed by atoms with van der Waals surface area (Å²) in [5, 5.41) is 0. The van der Waals surface area contributed by atoms with Crippen LogP contribution in [0.5, 0.6) is 0 Å². The first-order valence-corrected chi connectivity index (χ1v) is 3.84. The second kappa shape index (κ2) is 4.78. The molecule has 0 amide bonds. The molecule has 0 aliphatic rings. The van der Waals surface area contributed by atoms with Crippen molar-refractivity contribution in [3.8, 4) is 0 Å². The van der Waals surface area contributed by atoms with E-state index in [9.17, 15) is 0 Å². The van der Waals surface area contributed by atoms with Crippen LogP contribution in [-0.4, -0.2) is 18.5 Å². The van der Waals surface area contributed by atoms with Gasteiger partial charge in [0, 0.05) is 19.3 Å². The standard InChI is InChI=1S/C10H17N/c1-6-9(4)10(7-2)11(5)8-3/h6-7H,1-2,8H2,3-5H3/b10-9-. The van der Waals surface area contributed by atoms with E-state index in [1.807, 2.05) is 26.1 Å². The average molecular weight is 151 g/mol. The van der Waals surface area contributed by atoms with E-state index >= 15 is 0 Å². The largest absolute Gasteiger partial charge is 0.375 e. The van der Waals surface area contributed by atoms with Crippen molar-refractivity contribution in [3.63, 3.8) is 0 Å². The fraction of sp³-hybridized carbons (Fsp3) is 0.400. The number of rotatable bonds is 4. The Labute approximate surface area is 69.7 Å². The first kappa shape index (κ1) is 10.0. The molecular formula is C10H17N. The molecule has 11 heavy (non-hydrogen) atoms. The van der Waals surface area contributed by atoms with Gasteiger partial charge in [0.05, 0.1) is 0 Å². The molecule has 0 atom stereocenters. The van der Waals surface area contributed by atoms with E-state index in [1.54, 1.807) is 0 Å². The topological polar surface area (TPSA) is 3.24 Å². The van der Waals surface area contributed by atoms with Crippen LogP contribution in [0.4, 0.5) is 0 Å². The molecule has 0 bridgehead atoms. The summed E-state index contributed by atoms with van der Waals surface area (Å²) in [5.41, 5.74) is 2.33. The predicted molar refractivity (Wildman–Crippen MR) is 51.4 cm³/mol. The molecule has 0 unspecified atom stereocenters. The van der Waals surface area contributed by atoms with Crippen LogP contribution in [0.3, 0.4) is 0 Å². The Morgan fingerprint density at radius 1 is 1.36 bits per heavy atom. The van der Waals surface area contributed by atoms with Crippen LogP contribution in [0.1, 0.15) is 13.8 Å². The van der Waals surface area contributed by atoms with Gasteiger partial charge in [-0.1, -0.05) is 19.2 Å². The number of likely N-dealkylation sites (N-methyl/N-ethyl adjacent to an activating group) is 1. The average Bonchev–Trinajstić information content (AvgIpc) is 2.05. The van der Waals surface area contributed by atoms with Crippen LogP contribution in [-0.2, 0) is 0 Å². The summed E-state index contributed by atoms with van der Waals surface area (Å²) in [6.45, 7) is 12.6. The van der Waals surface area contributed by atoms with Gasteiger partial charge in [0.1, 0.15) is 0 Å². The van der Waals surface area contributed by atoms with Gasteiger partial charge in [0.15, 0.2) is 0 Å². The van der Waals surface area contributed by atoms with Crippen molar-refractivity contribution in [3.05, 3.63) is 36.6 Å². The smallest absolute Gasteiger partial charge is 0.0387 e. The van der Waals surface area contributed by atoms with Crippen molar-refractivity contribution in [1.29, 1.82) is 0 Å². The summed E-state index contributed by atoms with van der Waals surface area (Å²) in [5.74, 6) is 0. The van der Waals surface area contributed by atoms with Crippen LogP contribution < -0.4 is 0 Å². The molecule has 1 nitrogen and oxygen atoms in total. The van der Waals surface area contributed by atoms with Gasteiger partial charge in [-0.05, 0) is 25.5 Å². The molecule has 0 aliphatic carbocycles. The maximum atomic E-state index is 3.75. The van der Waals surface area contributed by atoms with E-state index in [2.05, 4.69) is 25.0 Å². The van der Waals surface area contributed by atoms with Gasteiger partial charge in [-0.3, -0.25) is 0 Å². The SMILES string of the molecule is C=C/C(C)=C(/C=C)N(C)CC. The van der Waals surface area contributed by atoms with Crippen LogP contribution in [0.2, 0.25) is 0 Å². The molecule has 0 saturated carbocycles. The van der Waals surface area contributed by atoms with Crippen molar-refractivity contribution in [2.45, 2.75) is 13.8 Å². The summed E-state index contributed by atoms with van der Waals surface area (Å²) in [7, 11) is 2.05. The van der Waals surface area contributed by atoms with Gasteiger partial charge in [-0.2, -0.15) is 0 Å². The minimum atomic E-state index is 0.993. The molecule has 0 rings (SSSR count). The predicted octanol–water partition coefficient (Wildman–Crippen LogP) is 2.58. The van der Waals surface area contributed by atoms with Gasteiger partial charge in [0.25, 0.3) is 0 Å². The lowest BCUT2D eigenvalue weighted by Gasteiger charge is -2.19. The minimum absolute atomic E-state index is 0.993. The first-order valence-electron chi connectivity index (χ1n) is 3.84. The van der Waals surface area contributed by atoms with E-state index in [1.165, 1.54) is 5.57 Å². The Bertz CT molecular complexity index is 177. The number of hydrogen-bond donors (Lipinski definition) is 0. The lowest BCUT2D eigenvalue weighted by atomic mass is 10.2. The van der Waals surface area contributed by atoms with Crippen LogP contribution in [0.15, 0.2) is 36.6 Å². The van der Waals surface area contributed by atoms with E-state index in [0.717, 1.165) is 12.2 Å². The molecule has 0 spiro atoms. The maximum Gasteiger partial charge on any atom is 0.0387 e. The molecule has 62 valence electrons. The first-order chi connectivity index (χ1) is 5.17. The highest BCUT2D eigenvalue weighted by Gasteiger charge is 1.98. The summed E-state index contributed by atoms with van der Waals surface area (Å²) < 4.78 is 0. The molecule has 0 heterocycles. The van der Waals surface area contributed by atoms with E-state index in [4.69, 9.17) is 0 Å². The van der Waals surface area contributed by atoms with Crippen molar-refractivity contribution in [1.82, 2.24) is 4.90 Å². The van der Waals surface area contributed by atoms with Crippen molar-refractivity contribution in [2.24, 2.45) is 0 Å². The summed E-state index contributed by atoms with van der Waals surface area (Å²) in [4.78, 5) is 2.14. The Morgan fingerprint density at radius 2 is 1.91 bits per heavy atom. The molecular weight excluding hydrogens is 134 g/mol. The second-order valence-corrected chi connectivity index (χ2v) is 2.49.